The topological polar surface area (TPSA) is 46.2 Å². The van der Waals surface area contributed by atoms with Gasteiger partial charge in [-0.2, -0.15) is 0 Å². The van der Waals surface area contributed by atoms with Gasteiger partial charge >= 0.3 is 0 Å². The van der Waals surface area contributed by atoms with Crippen molar-refractivity contribution in [3.8, 4) is 0 Å². The van der Waals surface area contributed by atoms with Gasteiger partial charge in [0.1, 0.15) is 0 Å². The van der Waals surface area contributed by atoms with Crippen LogP contribution in [-0.2, 0) is 15.3 Å². The van der Waals surface area contributed by atoms with Gasteiger partial charge in [-0.05, 0) is 56.0 Å². The second kappa shape index (κ2) is 4.87. The van der Waals surface area contributed by atoms with E-state index in [0.717, 1.165) is 36.9 Å². The van der Waals surface area contributed by atoms with Crippen molar-refractivity contribution in [1.82, 2.24) is 5.32 Å². The second-order valence-electron chi connectivity index (χ2n) is 5.07. The van der Waals surface area contributed by atoms with Crippen molar-refractivity contribution in [2.45, 2.75) is 43.5 Å². The minimum Gasteiger partial charge on any atom is -0.311 e. The molecule has 2 rings (SSSR count). The number of benzene rings is 1. The van der Waals surface area contributed by atoms with Gasteiger partial charge in [0.15, 0.2) is 0 Å². The zero-order chi connectivity index (χ0) is 13.4. The Morgan fingerprint density at radius 2 is 2.06 bits per heavy atom. The van der Waals surface area contributed by atoms with E-state index in [1.165, 1.54) is 0 Å². The molecule has 0 aliphatic heterocycles. The van der Waals surface area contributed by atoms with Gasteiger partial charge in [0, 0.05) is 5.54 Å². The van der Waals surface area contributed by atoms with Crippen LogP contribution >= 0.6 is 11.7 Å². The quantitative estimate of drug-likeness (QED) is 0.644. The maximum atomic E-state index is 11.7. The molecular weight excluding hydrogens is 266 g/mol. The lowest BCUT2D eigenvalue weighted by molar-refractivity contribution is 0.507. The zero-order valence-corrected chi connectivity index (χ0v) is 12.4. The maximum absolute atomic E-state index is 11.7. The molecule has 1 aromatic carbocycles. The van der Waals surface area contributed by atoms with E-state index in [-0.39, 0.29) is 5.54 Å². The third-order valence-electron chi connectivity index (χ3n) is 3.43. The number of likely N-dealkylation sites (N-methyl/N-ethyl adjacent to an activating group) is 1. The molecule has 0 amide bonds. The van der Waals surface area contributed by atoms with Crippen molar-refractivity contribution < 1.29 is 8.42 Å². The molecule has 1 saturated carbocycles. The molecule has 1 N–H and O–H groups in total. The molecule has 0 heterocycles. The Hall–Kier alpha value is -0.520. The van der Waals surface area contributed by atoms with E-state index in [9.17, 15) is 8.42 Å². The summed E-state index contributed by atoms with van der Waals surface area (Å²) >= 11 is 3.72. The molecule has 3 nitrogen and oxygen atoms in total. The maximum Gasteiger partial charge on any atom is 0.227 e. The van der Waals surface area contributed by atoms with Gasteiger partial charge in [0.05, 0.1) is 4.90 Å². The minimum atomic E-state index is -3.44. The molecule has 0 unspecified atom stereocenters. The number of aryl methyl sites for hydroxylation is 1. The van der Waals surface area contributed by atoms with Crippen LogP contribution in [-0.4, -0.2) is 20.5 Å². The van der Waals surface area contributed by atoms with Crippen molar-refractivity contribution >= 4 is 20.5 Å². The zero-order valence-electron chi connectivity index (χ0n) is 10.7. The molecule has 1 fully saturated rings. The van der Waals surface area contributed by atoms with Crippen LogP contribution in [0.25, 0.3) is 0 Å². The molecule has 0 aromatic heterocycles. The Labute approximate surface area is 114 Å². The summed E-state index contributed by atoms with van der Waals surface area (Å²) in [5.74, 6) is 0. The Bertz CT molecular complexity index is 548. The number of rotatable bonds is 5. The second-order valence-corrected chi connectivity index (χ2v) is 7.91. The molecule has 5 heteroatoms. The van der Waals surface area contributed by atoms with Crippen LogP contribution < -0.4 is 5.32 Å². The summed E-state index contributed by atoms with van der Waals surface area (Å²) in [7, 11) is -3.44. The molecule has 0 atom stereocenters. The first-order valence-corrected chi connectivity index (χ1v) is 8.72. The van der Waals surface area contributed by atoms with Gasteiger partial charge in [-0.1, -0.05) is 24.6 Å². The number of hydrogen-bond donors (Lipinski definition) is 2. The van der Waals surface area contributed by atoms with Crippen LogP contribution in [0.1, 0.15) is 30.9 Å². The fourth-order valence-corrected chi connectivity index (χ4v) is 3.64. The molecule has 0 saturated heterocycles. The summed E-state index contributed by atoms with van der Waals surface area (Å²) in [4.78, 5) is 0.348. The van der Waals surface area contributed by atoms with E-state index in [1.807, 2.05) is 19.1 Å². The highest BCUT2D eigenvalue weighted by atomic mass is 33.1. The van der Waals surface area contributed by atoms with Crippen molar-refractivity contribution in [1.29, 1.82) is 0 Å². The van der Waals surface area contributed by atoms with Gasteiger partial charge < -0.3 is 5.32 Å². The lowest BCUT2D eigenvalue weighted by Crippen LogP contribution is -2.33. The van der Waals surface area contributed by atoms with Crippen LogP contribution in [0.5, 0.6) is 0 Å². The third-order valence-corrected chi connectivity index (χ3v) is 4.97. The van der Waals surface area contributed by atoms with Crippen molar-refractivity contribution in [3.63, 3.8) is 0 Å². The average Bonchev–Trinajstić information content (AvgIpc) is 2.96. The summed E-state index contributed by atoms with van der Waals surface area (Å²) in [6, 6.07) is 5.44. The predicted molar refractivity (Wildman–Crippen MR) is 76.7 cm³/mol. The predicted octanol–water partition coefficient (Wildman–Crippen LogP) is 2.30. The molecule has 18 heavy (non-hydrogen) atoms. The molecule has 1 aliphatic carbocycles. The highest BCUT2D eigenvalue weighted by molar-refractivity contribution is 8.63. The van der Waals surface area contributed by atoms with Gasteiger partial charge in [-0.3, -0.25) is 0 Å². The highest BCUT2D eigenvalue weighted by Crippen LogP contribution is 2.40. The molecule has 0 spiro atoms. The molecule has 1 aromatic rings. The van der Waals surface area contributed by atoms with Gasteiger partial charge in [-0.15, -0.1) is 0 Å². The summed E-state index contributed by atoms with van der Waals surface area (Å²) in [5.41, 5.74) is 2.07. The summed E-state index contributed by atoms with van der Waals surface area (Å²) < 4.78 is 23.3. The standard InChI is InChI=1S/C13H19NO2S2/c1-3-14-13(6-7-13)9-11-8-10(2)4-5-12(11)18(15,16)17/h4-5,8,14H,3,6-7,9H2,1-2H3,(H,15,16,17). The van der Waals surface area contributed by atoms with Crippen molar-refractivity contribution in [2.75, 3.05) is 6.54 Å². The van der Waals surface area contributed by atoms with E-state index in [1.54, 1.807) is 6.07 Å². The Kier molecular flexibility index (Phi) is 3.76. The van der Waals surface area contributed by atoms with Crippen molar-refractivity contribution in [2.24, 2.45) is 0 Å². The normalized spacial score (nSPS) is 17.7. The average molecular weight is 285 g/mol. The van der Waals surface area contributed by atoms with Crippen LogP contribution in [0.3, 0.4) is 0 Å². The largest absolute Gasteiger partial charge is 0.311 e. The van der Waals surface area contributed by atoms with E-state index in [2.05, 4.69) is 23.9 Å². The van der Waals surface area contributed by atoms with E-state index >= 15 is 0 Å². The summed E-state index contributed by atoms with van der Waals surface area (Å²) in [6.07, 6.45) is 2.99. The van der Waals surface area contributed by atoms with E-state index in [0.29, 0.717) is 4.90 Å². The molecule has 100 valence electrons. The Morgan fingerprint density at radius 1 is 1.39 bits per heavy atom. The van der Waals surface area contributed by atoms with E-state index < -0.39 is 8.87 Å². The highest BCUT2D eigenvalue weighted by Gasteiger charge is 2.42. The fourth-order valence-electron chi connectivity index (χ4n) is 2.40. The number of hydrogen-bond acceptors (Lipinski definition) is 3. The third kappa shape index (κ3) is 3.08. The molecule has 0 radical (unpaired) electrons. The summed E-state index contributed by atoms with van der Waals surface area (Å²) in [5, 5.41) is 3.46. The Morgan fingerprint density at radius 3 is 2.56 bits per heavy atom. The Balaban J connectivity index is 2.35. The van der Waals surface area contributed by atoms with E-state index in [4.69, 9.17) is 0 Å². The van der Waals surface area contributed by atoms with Crippen LogP contribution in [0.2, 0.25) is 0 Å². The SMILES string of the molecule is CCNC1(Cc2cc(C)ccc2S(=O)(=O)S)CC1. The van der Waals surface area contributed by atoms with Crippen LogP contribution in [0.15, 0.2) is 23.1 Å². The van der Waals surface area contributed by atoms with Crippen LogP contribution in [0.4, 0.5) is 0 Å². The van der Waals surface area contributed by atoms with Crippen molar-refractivity contribution in [3.05, 3.63) is 29.3 Å². The molecule has 0 bridgehead atoms. The van der Waals surface area contributed by atoms with Gasteiger partial charge in [-0.25, -0.2) is 8.42 Å². The minimum absolute atomic E-state index is 0.107. The number of thiol groups is 1. The summed E-state index contributed by atoms with van der Waals surface area (Å²) in [6.45, 7) is 4.96. The first-order chi connectivity index (χ1) is 8.36. The smallest absolute Gasteiger partial charge is 0.227 e. The molecule has 1 aliphatic rings. The lowest BCUT2D eigenvalue weighted by Gasteiger charge is -2.18. The first-order valence-electron chi connectivity index (χ1n) is 6.18. The monoisotopic (exact) mass is 285 g/mol. The molecular formula is C13H19NO2S2. The van der Waals surface area contributed by atoms with Gasteiger partial charge in [0.2, 0.25) is 8.87 Å². The van der Waals surface area contributed by atoms with Gasteiger partial charge in [0.25, 0.3) is 0 Å². The van der Waals surface area contributed by atoms with Crippen LogP contribution in [0, 0.1) is 6.92 Å². The number of nitrogens with one attached hydrogen (secondary N) is 1. The first kappa shape index (κ1) is 13.9. The lowest BCUT2D eigenvalue weighted by atomic mass is 10.0. The fraction of sp³-hybridized carbons (Fsp3) is 0.538.